The standard InChI is InChI=1S/C6H12FNS/c7-6(4-8)2-1-3-9-5-6/h1-5,8H2. The number of thioether (sulfide) groups is 1. The van der Waals surface area contributed by atoms with E-state index in [4.69, 9.17) is 5.73 Å². The number of alkyl halides is 1. The van der Waals surface area contributed by atoms with Gasteiger partial charge in [0, 0.05) is 12.3 Å². The summed E-state index contributed by atoms with van der Waals surface area (Å²) in [6.45, 7) is 0.194. The number of halogens is 1. The zero-order chi connectivity index (χ0) is 6.74. The van der Waals surface area contributed by atoms with Gasteiger partial charge in [-0.2, -0.15) is 11.8 Å². The highest BCUT2D eigenvalue weighted by molar-refractivity contribution is 7.99. The minimum absolute atomic E-state index is 0.194. The Kier molecular flexibility index (Phi) is 2.35. The van der Waals surface area contributed by atoms with Gasteiger partial charge in [-0.15, -0.1) is 0 Å². The van der Waals surface area contributed by atoms with Crippen molar-refractivity contribution in [3.8, 4) is 0 Å². The molecule has 1 aliphatic rings. The van der Waals surface area contributed by atoms with E-state index in [2.05, 4.69) is 0 Å². The van der Waals surface area contributed by atoms with Crippen LogP contribution in [0.5, 0.6) is 0 Å². The van der Waals surface area contributed by atoms with Crippen LogP contribution < -0.4 is 5.73 Å². The van der Waals surface area contributed by atoms with E-state index in [1.165, 1.54) is 0 Å². The minimum atomic E-state index is -1.04. The molecule has 1 unspecified atom stereocenters. The van der Waals surface area contributed by atoms with E-state index < -0.39 is 5.67 Å². The van der Waals surface area contributed by atoms with Gasteiger partial charge in [0.15, 0.2) is 0 Å². The number of hydrogen-bond donors (Lipinski definition) is 1. The summed E-state index contributed by atoms with van der Waals surface area (Å²) >= 11 is 1.67. The van der Waals surface area contributed by atoms with Gasteiger partial charge in [0.05, 0.1) is 0 Å². The van der Waals surface area contributed by atoms with Gasteiger partial charge >= 0.3 is 0 Å². The lowest BCUT2D eigenvalue weighted by Gasteiger charge is -2.26. The Morgan fingerprint density at radius 1 is 1.67 bits per heavy atom. The van der Waals surface area contributed by atoms with E-state index in [0.717, 1.165) is 12.2 Å². The molecule has 0 amide bonds. The minimum Gasteiger partial charge on any atom is -0.327 e. The highest BCUT2D eigenvalue weighted by Gasteiger charge is 2.29. The van der Waals surface area contributed by atoms with Crippen molar-refractivity contribution in [3.63, 3.8) is 0 Å². The lowest BCUT2D eigenvalue weighted by atomic mass is 10.0. The third-order valence-corrected chi connectivity index (χ3v) is 2.94. The lowest BCUT2D eigenvalue weighted by molar-refractivity contribution is 0.186. The lowest BCUT2D eigenvalue weighted by Crippen LogP contribution is -2.37. The molecule has 3 heteroatoms. The smallest absolute Gasteiger partial charge is 0.132 e. The first-order valence-electron chi connectivity index (χ1n) is 3.24. The molecule has 0 spiro atoms. The zero-order valence-electron chi connectivity index (χ0n) is 5.40. The Labute approximate surface area is 59.2 Å². The quantitative estimate of drug-likeness (QED) is 0.606. The molecule has 0 radical (unpaired) electrons. The number of nitrogens with two attached hydrogens (primary N) is 1. The first-order chi connectivity index (χ1) is 4.27. The van der Waals surface area contributed by atoms with Crippen LogP contribution in [0, 0.1) is 0 Å². The normalized spacial score (nSPS) is 36.7. The molecule has 0 aromatic rings. The highest BCUT2D eigenvalue weighted by Crippen LogP contribution is 2.28. The fraction of sp³-hybridized carbons (Fsp3) is 1.00. The van der Waals surface area contributed by atoms with Gasteiger partial charge in [-0.3, -0.25) is 0 Å². The van der Waals surface area contributed by atoms with Crippen molar-refractivity contribution < 1.29 is 4.39 Å². The van der Waals surface area contributed by atoms with Crippen LogP contribution in [0.4, 0.5) is 4.39 Å². The average molecular weight is 149 g/mol. The van der Waals surface area contributed by atoms with Crippen molar-refractivity contribution >= 4 is 11.8 Å². The van der Waals surface area contributed by atoms with Gasteiger partial charge in [-0.05, 0) is 18.6 Å². The fourth-order valence-electron chi connectivity index (χ4n) is 0.979. The molecular weight excluding hydrogens is 137 g/mol. The number of rotatable bonds is 1. The number of hydrogen-bond acceptors (Lipinski definition) is 2. The molecule has 1 aliphatic heterocycles. The summed E-state index contributed by atoms with van der Waals surface area (Å²) < 4.78 is 13.2. The summed E-state index contributed by atoms with van der Waals surface area (Å²) in [5.41, 5.74) is 4.21. The van der Waals surface area contributed by atoms with Crippen LogP contribution in [0.1, 0.15) is 12.8 Å². The van der Waals surface area contributed by atoms with E-state index in [1.807, 2.05) is 0 Å². The van der Waals surface area contributed by atoms with Gasteiger partial charge in [0.2, 0.25) is 0 Å². The molecule has 1 fully saturated rings. The molecule has 1 nitrogen and oxygen atoms in total. The molecule has 1 heterocycles. The topological polar surface area (TPSA) is 26.0 Å². The van der Waals surface area contributed by atoms with Gasteiger partial charge in [0.1, 0.15) is 5.67 Å². The van der Waals surface area contributed by atoms with Crippen LogP contribution in [0.2, 0.25) is 0 Å². The first-order valence-corrected chi connectivity index (χ1v) is 4.39. The maximum atomic E-state index is 13.2. The summed E-state index contributed by atoms with van der Waals surface area (Å²) in [5, 5.41) is 0. The van der Waals surface area contributed by atoms with Crippen LogP contribution in [0.25, 0.3) is 0 Å². The predicted molar refractivity (Wildman–Crippen MR) is 39.5 cm³/mol. The van der Waals surface area contributed by atoms with E-state index in [0.29, 0.717) is 12.2 Å². The molecule has 9 heavy (non-hydrogen) atoms. The SMILES string of the molecule is NCC1(F)CCCSC1. The molecule has 1 rings (SSSR count). The first kappa shape index (κ1) is 7.35. The highest BCUT2D eigenvalue weighted by atomic mass is 32.2. The summed E-state index contributed by atoms with van der Waals surface area (Å²) in [7, 11) is 0. The third kappa shape index (κ3) is 1.83. The zero-order valence-corrected chi connectivity index (χ0v) is 6.22. The monoisotopic (exact) mass is 149 g/mol. The molecule has 1 saturated heterocycles. The van der Waals surface area contributed by atoms with Crippen LogP contribution in [-0.2, 0) is 0 Å². The summed E-state index contributed by atoms with van der Waals surface area (Å²) in [6.07, 6.45) is 1.65. The summed E-state index contributed by atoms with van der Waals surface area (Å²) in [4.78, 5) is 0. The molecule has 0 aromatic heterocycles. The van der Waals surface area contributed by atoms with Crippen molar-refractivity contribution in [1.82, 2.24) is 0 Å². The van der Waals surface area contributed by atoms with E-state index in [-0.39, 0.29) is 6.54 Å². The third-order valence-electron chi connectivity index (χ3n) is 1.64. The Morgan fingerprint density at radius 2 is 2.44 bits per heavy atom. The summed E-state index contributed by atoms with van der Waals surface area (Å²) in [5.74, 6) is 1.70. The Hall–Kier alpha value is 0.240. The average Bonchev–Trinajstić information content (AvgIpc) is 1.90. The molecule has 1 atom stereocenters. The van der Waals surface area contributed by atoms with Crippen molar-refractivity contribution in [1.29, 1.82) is 0 Å². The van der Waals surface area contributed by atoms with Crippen molar-refractivity contribution in [2.45, 2.75) is 18.5 Å². The van der Waals surface area contributed by atoms with Gasteiger partial charge in [-0.1, -0.05) is 0 Å². The molecule has 0 bridgehead atoms. The second-order valence-electron chi connectivity index (χ2n) is 2.51. The molecule has 0 aromatic carbocycles. The van der Waals surface area contributed by atoms with Crippen LogP contribution >= 0.6 is 11.8 Å². The Morgan fingerprint density at radius 3 is 2.78 bits per heavy atom. The van der Waals surface area contributed by atoms with Crippen LogP contribution in [0.3, 0.4) is 0 Å². The largest absolute Gasteiger partial charge is 0.327 e. The molecule has 0 aliphatic carbocycles. The van der Waals surface area contributed by atoms with Crippen molar-refractivity contribution in [3.05, 3.63) is 0 Å². The van der Waals surface area contributed by atoms with E-state index in [9.17, 15) is 4.39 Å². The fourth-order valence-corrected chi connectivity index (χ4v) is 2.10. The second-order valence-corrected chi connectivity index (χ2v) is 3.62. The summed E-state index contributed by atoms with van der Waals surface area (Å²) in [6, 6.07) is 0. The Balaban J connectivity index is 2.37. The van der Waals surface area contributed by atoms with E-state index in [1.54, 1.807) is 11.8 Å². The molecule has 2 N–H and O–H groups in total. The van der Waals surface area contributed by atoms with Gasteiger partial charge in [-0.25, -0.2) is 4.39 Å². The predicted octanol–water partition coefficient (Wildman–Crippen LogP) is 1.18. The molecule has 0 saturated carbocycles. The van der Waals surface area contributed by atoms with Gasteiger partial charge in [0.25, 0.3) is 0 Å². The van der Waals surface area contributed by atoms with Crippen molar-refractivity contribution in [2.24, 2.45) is 5.73 Å². The maximum Gasteiger partial charge on any atom is 0.132 e. The van der Waals surface area contributed by atoms with Gasteiger partial charge < -0.3 is 5.73 Å². The second kappa shape index (κ2) is 2.88. The molecule has 54 valence electrons. The van der Waals surface area contributed by atoms with Crippen molar-refractivity contribution in [2.75, 3.05) is 18.1 Å². The maximum absolute atomic E-state index is 13.2. The Bertz CT molecular complexity index is 91.1. The van der Waals surface area contributed by atoms with Crippen LogP contribution in [-0.4, -0.2) is 23.7 Å². The van der Waals surface area contributed by atoms with Crippen LogP contribution in [0.15, 0.2) is 0 Å². The molecular formula is C6H12FNS. The van der Waals surface area contributed by atoms with E-state index >= 15 is 0 Å².